The Morgan fingerprint density at radius 2 is 2.12 bits per heavy atom. The van der Waals surface area contributed by atoms with Gasteiger partial charge in [0.25, 0.3) is 0 Å². The number of carbonyl (C=O) groups is 1. The van der Waals surface area contributed by atoms with E-state index >= 15 is 0 Å². The van der Waals surface area contributed by atoms with Crippen molar-refractivity contribution >= 4 is 21.9 Å². The zero-order valence-corrected chi connectivity index (χ0v) is 15.3. The molecule has 0 aliphatic rings. The Balaban J connectivity index is 2.50. The van der Waals surface area contributed by atoms with Gasteiger partial charge in [0.2, 0.25) is 0 Å². The number of methoxy groups -OCH3 is 1. The van der Waals surface area contributed by atoms with E-state index in [4.69, 9.17) is 9.47 Å². The van der Waals surface area contributed by atoms with Crippen molar-refractivity contribution in [2.24, 2.45) is 0 Å². The van der Waals surface area contributed by atoms with E-state index in [0.717, 1.165) is 0 Å². The highest BCUT2D eigenvalue weighted by atomic mass is 79.9. The van der Waals surface area contributed by atoms with Gasteiger partial charge >= 0.3 is 12.6 Å². The summed E-state index contributed by atoms with van der Waals surface area (Å²) in [5.74, 6) is -0.619. The van der Waals surface area contributed by atoms with Crippen molar-refractivity contribution in [3.8, 4) is 17.0 Å². The summed E-state index contributed by atoms with van der Waals surface area (Å²) in [5.41, 5.74) is 0.907. The highest BCUT2D eigenvalue weighted by Gasteiger charge is 2.20. The molecule has 0 bridgehead atoms. The highest BCUT2D eigenvalue weighted by molar-refractivity contribution is 9.10. The Morgan fingerprint density at radius 1 is 1.36 bits per heavy atom. The summed E-state index contributed by atoms with van der Waals surface area (Å²) in [7, 11) is 1.53. The molecule has 0 saturated heterocycles. The van der Waals surface area contributed by atoms with E-state index in [2.05, 4.69) is 25.8 Å². The lowest BCUT2D eigenvalue weighted by atomic mass is 10.1. The quantitative estimate of drug-likeness (QED) is 0.611. The summed E-state index contributed by atoms with van der Waals surface area (Å²) in [6.07, 6.45) is 0. The summed E-state index contributed by atoms with van der Waals surface area (Å²) in [4.78, 5) is 11.9. The minimum atomic E-state index is -2.98. The predicted molar refractivity (Wildman–Crippen MR) is 89.8 cm³/mol. The fourth-order valence-electron chi connectivity index (χ4n) is 2.19. The SMILES string of the molecule is CCOC(=O)c1cc(-c2ccc(Br)cc2OC(F)F)n(CCOC)n1. The number of benzene rings is 1. The molecule has 1 aromatic heterocycles. The largest absolute Gasteiger partial charge is 0.461 e. The maximum absolute atomic E-state index is 12.7. The molecule has 0 amide bonds. The number of rotatable bonds is 8. The second kappa shape index (κ2) is 8.91. The first-order valence-electron chi connectivity index (χ1n) is 7.45. The summed E-state index contributed by atoms with van der Waals surface area (Å²) in [5, 5.41) is 4.19. The second-order valence-electron chi connectivity index (χ2n) is 4.87. The van der Waals surface area contributed by atoms with Crippen LogP contribution in [0.15, 0.2) is 28.7 Å². The molecule has 0 aliphatic heterocycles. The normalized spacial score (nSPS) is 11.0. The van der Waals surface area contributed by atoms with Gasteiger partial charge in [-0.15, -0.1) is 0 Å². The van der Waals surface area contributed by atoms with Crippen LogP contribution in [0.3, 0.4) is 0 Å². The first-order valence-corrected chi connectivity index (χ1v) is 8.24. The Kier molecular flexibility index (Phi) is 6.89. The number of nitrogens with zero attached hydrogens (tertiary/aromatic N) is 2. The van der Waals surface area contributed by atoms with E-state index in [1.54, 1.807) is 19.1 Å². The topological polar surface area (TPSA) is 62.6 Å². The standard InChI is InChI=1S/C16H17BrF2N2O4/c1-3-24-15(22)12-9-13(21(20-12)6-7-23-2)11-5-4-10(17)8-14(11)25-16(18)19/h4-5,8-9,16H,3,6-7H2,1-2H3. The predicted octanol–water partition coefficient (Wildman–Crippen LogP) is 3.74. The van der Waals surface area contributed by atoms with E-state index in [0.29, 0.717) is 28.9 Å². The molecule has 25 heavy (non-hydrogen) atoms. The van der Waals surface area contributed by atoms with Crippen LogP contribution in [0.2, 0.25) is 0 Å². The first-order chi connectivity index (χ1) is 12.0. The van der Waals surface area contributed by atoms with Crippen LogP contribution in [0.5, 0.6) is 5.75 Å². The summed E-state index contributed by atoms with van der Waals surface area (Å²) in [6, 6.07) is 6.21. The molecule has 0 spiro atoms. The Morgan fingerprint density at radius 3 is 2.76 bits per heavy atom. The van der Waals surface area contributed by atoms with Gasteiger partial charge in [-0.1, -0.05) is 15.9 Å². The van der Waals surface area contributed by atoms with E-state index < -0.39 is 12.6 Å². The van der Waals surface area contributed by atoms with Crippen LogP contribution in [-0.4, -0.2) is 42.7 Å². The van der Waals surface area contributed by atoms with Crippen LogP contribution >= 0.6 is 15.9 Å². The zero-order valence-electron chi connectivity index (χ0n) is 13.7. The smallest absolute Gasteiger partial charge is 0.387 e. The average Bonchev–Trinajstić information content (AvgIpc) is 2.97. The van der Waals surface area contributed by atoms with Gasteiger partial charge in [-0.25, -0.2) is 4.79 Å². The average molecular weight is 419 g/mol. The maximum Gasteiger partial charge on any atom is 0.387 e. The molecule has 0 aliphatic carbocycles. The monoisotopic (exact) mass is 418 g/mol. The van der Waals surface area contributed by atoms with E-state index in [1.807, 2.05) is 0 Å². The molecule has 0 unspecified atom stereocenters. The third-order valence-corrected chi connectivity index (χ3v) is 3.70. The molecule has 0 radical (unpaired) electrons. The Hall–Kier alpha value is -2.00. The fourth-order valence-corrected chi connectivity index (χ4v) is 2.53. The van der Waals surface area contributed by atoms with Crippen LogP contribution in [0.25, 0.3) is 11.3 Å². The van der Waals surface area contributed by atoms with Gasteiger partial charge in [0, 0.05) is 17.1 Å². The number of ether oxygens (including phenoxy) is 3. The number of carbonyl (C=O) groups excluding carboxylic acids is 1. The maximum atomic E-state index is 12.7. The van der Waals surface area contributed by atoms with E-state index in [9.17, 15) is 13.6 Å². The third kappa shape index (κ3) is 4.99. The molecule has 2 rings (SSSR count). The number of alkyl halides is 2. The Labute approximate surface area is 151 Å². The number of aromatic nitrogens is 2. The van der Waals surface area contributed by atoms with Crippen LogP contribution in [0.4, 0.5) is 8.78 Å². The molecule has 1 heterocycles. The van der Waals surface area contributed by atoms with Gasteiger partial charge in [-0.2, -0.15) is 13.9 Å². The van der Waals surface area contributed by atoms with Crippen LogP contribution in [0, 0.1) is 0 Å². The van der Waals surface area contributed by atoms with Gasteiger partial charge in [0.15, 0.2) is 5.69 Å². The van der Waals surface area contributed by atoms with Crippen LogP contribution in [0.1, 0.15) is 17.4 Å². The van der Waals surface area contributed by atoms with Crippen molar-refractivity contribution in [3.63, 3.8) is 0 Å². The molecule has 6 nitrogen and oxygen atoms in total. The molecule has 0 atom stereocenters. The van der Waals surface area contributed by atoms with Crippen molar-refractivity contribution in [3.05, 3.63) is 34.4 Å². The number of hydrogen-bond acceptors (Lipinski definition) is 5. The third-order valence-electron chi connectivity index (χ3n) is 3.21. The molecular weight excluding hydrogens is 402 g/mol. The van der Waals surface area contributed by atoms with E-state index in [1.165, 1.54) is 23.9 Å². The summed E-state index contributed by atoms with van der Waals surface area (Å²) < 4.78 is 42.1. The zero-order chi connectivity index (χ0) is 18.4. The minimum Gasteiger partial charge on any atom is -0.461 e. The molecule has 2 aromatic rings. The van der Waals surface area contributed by atoms with Crippen molar-refractivity contribution in [2.45, 2.75) is 20.1 Å². The molecule has 0 N–H and O–H groups in total. The molecule has 0 saturated carbocycles. The molecule has 136 valence electrons. The highest BCUT2D eigenvalue weighted by Crippen LogP contribution is 2.34. The number of halogens is 3. The lowest BCUT2D eigenvalue weighted by molar-refractivity contribution is -0.0495. The van der Waals surface area contributed by atoms with Gasteiger partial charge in [0.05, 0.1) is 25.5 Å². The van der Waals surface area contributed by atoms with Gasteiger partial charge < -0.3 is 14.2 Å². The lowest BCUT2D eigenvalue weighted by Gasteiger charge is -2.13. The fraction of sp³-hybridized carbons (Fsp3) is 0.375. The minimum absolute atomic E-state index is 0.0293. The van der Waals surface area contributed by atoms with E-state index in [-0.39, 0.29) is 18.1 Å². The van der Waals surface area contributed by atoms with Crippen LogP contribution in [-0.2, 0) is 16.0 Å². The van der Waals surface area contributed by atoms with Gasteiger partial charge in [0.1, 0.15) is 5.75 Å². The van der Waals surface area contributed by atoms with Gasteiger partial charge in [-0.05, 0) is 31.2 Å². The Bertz CT molecular complexity index is 737. The molecule has 0 fully saturated rings. The summed E-state index contributed by atoms with van der Waals surface area (Å²) >= 11 is 3.23. The second-order valence-corrected chi connectivity index (χ2v) is 5.79. The number of esters is 1. The van der Waals surface area contributed by atoms with Crippen molar-refractivity contribution in [1.82, 2.24) is 9.78 Å². The lowest BCUT2D eigenvalue weighted by Crippen LogP contribution is -2.11. The van der Waals surface area contributed by atoms with Crippen LogP contribution < -0.4 is 4.74 Å². The first kappa shape index (κ1) is 19.3. The molecule has 9 heteroatoms. The van der Waals surface area contributed by atoms with Crippen molar-refractivity contribution in [2.75, 3.05) is 20.3 Å². The molecular formula is C16H17BrF2N2O4. The summed E-state index contributed by atoms with van der Waals surface area (Å²) in [6.45, 7) is -0.428. The number of hydrogen-bond donors (Lipinski definition) is 0. The van der Waals surface area contributed by atoms with Gasteiger partial charge in [-0.3, -0.25) is 4.68 Å². The molecule has 1 aromatic carbocycles. The van der Waals surface area contributed by atoms with Crippen molar-refractivity contribution < 1.29 is 27.8 Å². The van der Waals surface area contributed by atoms with Crippen molar-refractivity contribution in [1.29, 1.82) is 0 Å².